The van der Waals surface area contributed by atoms with Gasteiger partial charge in [-0.3, -0.25) is 19.1 Å². The number of hydrogen-bond acceptors (Lipinski definition) is 4. The molecule has 6 nitrogen and oxygen atoms in total. The Morgan fingerprint density at radius 3 is 1.63 bits per heavy atom. The zero-order valence-corrected chi connectivity index (χ0v) is 26.5. The standard InChI is InChI=1S/C21H17N3.C18H12BrN3/c1-3-16(18-4-2-10-22-13-18)11-19(5-1)24-14-23-20-12-17(15-6-7-15)8-9-21(20)24;19-15-6-7-18-17(10-15)21-12-22(18)16-5-1-3-13(9-16)14-4-2-8-20-11-14/h1-5,8-15H,6-7H2;1-12H. The Hall–Kier alpha value is -5.40. The molecule has 0 saturated heterocycles. The summed E-state index contributed by atoms with van der Waals surface area (Å²) in [5.41, 5.74) is 12.5. The van der Waals surface area contributed by atoms with Crippen molar-refractivity contribution >= 4 is 38.0 Å². The van der Waals surface area contributed by atoms with E-state index in [0.717, 1.165) is 66.1 Å². The van der Waals surface area contributed by atoms with Crippen LogP contribution in [0.3, 0.4) is 0 Å². The van der Waals surface area contributed by atoms with Gasteiger partial charge < -0.3 is 0 Å². The zero-order chi connectivity index (χ0) is 30.9. The number of aromatic nitrogens is 6. The highest BCUT2D eigenvalue weighted by molar-refractivity contribution is 9.10. The topological polar surface area (TPSA) is 61.4 Å². The van der Waals surface area contributed by atoms with E-state index in [1.807, 2.05) is 49.3 Å². The molecule has 4 aromatic heterocycles. The van der Waals surface area contributed by atoms with Crippen LogP contribution in [0, 0.1) is 0 Å². The van der Waals surface area contributed by atoms with E-state index in [9.17, 15) is 0 Å². The van der Waals surface area contributed by atoms with Crippen LogP contribution in [0.1, 0.15) is 24.3 Å². The van der Waals surface area contributed by atoms with Crippen molar-refractivity contribution in [1.82, 2.24) is 29.1 Å². The third kappa shape index (κ3) is 5.73. The lowest BCUT2D eigenvalue weighted by atomic mass is 10.1. The van der Waals surface area contributed by atoms with E-state index in [2.05, 4.69) is 130 Å². The molecule has 1 fully saturated rings. The van der Waals surface area contributed by atoms with E-state index in [1.165, 1.54) is 18.4 Å². The third-order valence-electron chi connectivity index (χ3n) is 8.37. The normalized spacial score (nSPS) is 12.6. The highest BCUT2D eigenvalue weighted by atomic mass is 79.9. The molecule has 7 heteroatoms. The fourth-order valence-electron chi connectivity index (χ4n) is 5.84. The van der Waals surface area contributed by atoms with Gasteiger partial charge >= 0.3 is 0 Å². The molecule has 0 atom stereocenters. The molecule has 4 heterocycles. The van der Waals surface area contributed by atoms with E-state index in [4.69, 9.17) is 0 Å². The lowest BCUT2D eigenvalue weighted by Gasteiger charge is -2.08. The summed E-state index contributed by atoms with van der Waals surface area (Å²) in [5.74, 6) is 0.758. The maximum absolute atomic E-state index is 4.62. The minimum atomic E-state index is 0.758. The van der Waals surface area contributed by atoms with Crippen LogP contribution in [0.15, 0.2) is 151 Å². The number of rotatable bonds is 5. The van der Waals surface area contributed by atoms with E-state index < -0.39 is 0 Å². The largest absolute Gasteiger partial charge is 0.299 e. The average molecular weight is 662 g/mol. The highest BCUT2D eigenvalue weighted by Gasteiger charge is 2.24. The summed E-state index contributed by atoms with van der Waals surface area (Å²) in [5, 5.41) is 0. The van der Waals surface area contributed by atoms with Gasteiger partial charge in [-0.15, -0.1) is 0 Å². The van der Waals surface area contributed by atoms with Gasteiger partial charge in [0.1, 0.15) is 12.7 Å². The predicted octanol–water partition coefficient (Wildman–Crippen LogP) is 9.81. The molecule has 0 aliphatic heterocycles. The molecule has 0 radical (unpaired) electrons. The number of pyridine rings is 2. The fourth-order valence-corrected chi connectivity index (χ4v) is 6.18. The molecule has 0 unspecified atom stereocenters. The van der Waals surface area contributed by atoms with Crippen LogP contribution in [-0.2, 0) is 0 Å². The van der Waals surface area contributed by atoms with Crippen molar-refractivity contribution in [3.8, 4) is 33.6 Å². The van der Waals surface area contributed by atoms with Gasteiger partial charge in [-0.2, -0.15) is 0 Å². The smallest absolute Gasteiger partial charge is 0.100 e. The van der Waals surface area contributed by atoms with Crippen molar-refractivity contribution in [1.29, 1.82) is 0 Å². The number of hydrogen-bond donors (Lipinski definition) is 0. The van der Waals surface area contributed by atoms with Gasteiger partial charge in [0.05, 0.1) is 22.1 Å². The molecule has 0 bridgehead atoms. The van der Waals surface area contributed by atoms with Gasteiger partial charge in [0, 0.05) is 51.8 Å². The van der Waals surface area contributed by atoms with Gasteiger partial charge in [-0.1, -0.05) is 58.4 Å². The Morgan fingerprint density at radius 1 is 0.543 bits per heavy atom. The molecule has 0 amide bonds. The number of nitrogens with zero attached hydrogens (tertiary/aromatic N) is 6. The first-order valence-electron chi connectivity index (χ1n) is 15.3. The fraction of sp³-hybridized carbons (Fsp3) is 0.0769. The molecule has 1 aliphatic carbocycles. The molecule has 0 spiro atoms. The van der Waals surface area contributed by atoms with Crippen LogP contribution in [0.25, 0.3) is 55.7 Å². The van der Waals surface area contributed by atoms with Crippen LogP contribution in [0.4, 0.5) is 0 Å². The van der Waals surface area contributed by atoms with E-state index in [-0.39, 0.29) is 0 Å². The van der Waals surface area contributed by atoms with Crippen LogP contribution in [0.2, 0.25) is 0 Å². The quantitative estimate of drug-likeness (QED) is 0.184. The SMILES string of the molecule is Brc1ccc2c(c1)ncn2-c1cccc(-c2cccnc2)c1.c1cncc(-c2cccc(-n3cnc4cc(C5CC5)ccc43)c2)c1. The van der Waals surface area contributed by atoms with E-state index >= 15 is 0 Å². The number of imidazole rings is 2. The summed E-state index contributed by atoms with van der Waals surface area (Å²) in [6, 6.07) is 37.8. The van der Waals surface area contributed by atoms with Gasteiger partial charge in [0.2, 0.25) is 0 Å². The minimum Gasteiger partial charge on any atom is -0.299 e. The average Bonchev–Trinajstić information content (AvgIpc) is 3.76. The lowest BCUT2D eigenvalue weighted by molar-refractivity contribution is 1.09. The van der Waals surface area contributed by atoms with Crippen LogP contribution in [-0.4, -0.2) is 29.1 Å². The lowest BCUT2D eigenvalue weighted by Crippen LogP contribution is -1.92. The monoisotopic (exact) mass is 660 g/mol. The van der Waals surface area contributed by atoms with Crippen LogP contribution < -0.4 is 0 Å². The molecule has 1 aliphatic rings. The molecule has 222 valence electrons. The maximum Gasteiger partial charge on any atom is 0.100 e. The zero-order valence-electron chi connectivity index (χ0n) is 24.9. The summed E-state index contributed by atoms with van der Waals surface area (Å²) in [4.78, 5) is 17.5. The predicted molar refractivity (Wildman–Crippen MR) is 188 cm³/mol. The number of fused-ring (bicyclic) bond motifs is 2. The molecule has 1 saturated carbocycles. The van der Waals surface area contributed by atoms with Crippen molar-refractivity contribution < 1.29 is 0 Å². The highest BCUT2D eigenvalue weighted by Crippen LogP contribution is 2.41. The molecular formula is C39H29BrN6. The Kier molecular flexibility index (Phi) is 7.44. The van der Waals surface area contributed by atoms with Crippen molar-refractivity contribution in [3.05, 3.63) is 157 Å². The Bertz CT molecular complexity index is 2290. The summed E-state index contributed by atoms with van der Waals surface area (Å²) in [7, 11) is 0. The number of halogens is 1. The van der Waals surface area contributed by atoms with Gasteiger partial charge in [-0.05, 0) is 102 Å². The first kappa shape index (κ1) is 28.1. The maximum atomic E-state index is 4.62. The van der Waals surface area contributed by atoms with Crippen molar-refractivity contribution in [2.24, 2.45) is 0 Å². The first-order valence-corrected chi connectivity index (χ1v) is 16.1. The van der Waals surface area contributed by atoms with Crippen molar-refractivity contribution in [2.45, 2.75) is 18.8 Å². The van der Waals surface area contributed by atoms with Crippen LogP contribution in [0.5, 0.6) is 0 Å². The van der Waals surface area contributed by atoms with Crippen molar-refractivity contribution in [3.63, 3.8) is 0 Å². The second-order valence-corrected chi connectivity index (χ2v) is 12.4. The molecular weight excluding hydrogens is 632 g/mol. The summed E-state index contributed by atoms with van der Waals surface area (Å²) < 4.78 is 5.29. The van der Waals surface area contributed by atoms with Gasteiger partial charge in [0.25, 0.3) is 0 Å². The van der Waals surface area contributed by atoms with Crippen LogP contribution >= 0.6 is 15.9 Å². The molecule has 0 N–H and O–H groups in total. The Morgan fingerprint density at radius 2 is 1.09 bits per heavy atom. The van der Waals surface area contributed by atoms with Gasteiger partial charge in [0.15, 0.2) is 0 Å². The molecule has 4 aromatic carbocycles. The second-order valence-electron chi connectivity index (χ2n) is 11.5. The first-order chi connectivity index (χ1) is 22.7. The van der Waals surface area contributed by atoms with Gasteiger partial charge in [-0.25, -0.2) is 9.97 Å². The molecule has 8 aromatic rings. The van der Waals surface area contributed by atoms with Crippen molar-refractivity contribution in [2.75, 3.05) is 0 Å². The summed E-state index contributed by atoms with van der Waals surface area (Å²) in [6.07, 6.45) is 13.8. The Balaban J connectivity index is 0.000000136. The van der Waals surface area contributed by atoms with E-state index in [0.29, 0.717) is 0 Å². The second kappa shape index (κ2) is 12.2. The third-order valence-corrected chi connectivity index (χ3v) is 8.86. The Labute approximate surface area is 275 Å². The molecule has 9 rings (SSSR count). The summed E-state index contributed by atoms with van der Waals surface area (Å²) >= 11 is 3.48. The molecule has 46 heavy (non-hydrogen) atoms. The summed E-state index contributed by atoms with van der Waals surface area (Å²) in [6.45, 7) is 0. The number of benzene rings is 4. The minimum absolute atomic E-state index is 0.758. The van der Waals surface area contributed by atoms with E-state index in [1.54, 1.807) is 12.4 Å².